The summed E-state index contributed by atoms with van der Waals surface area (Å²) in [6.07, 6.45) is 0. The number of nitrogens with one attached hydrogen (secondary N) is 1. The topological polar surface area (TPSA) is 147 Å². The molecule has 0 atom stereocenters. The second-order valence-electron chi connectivity index (χ2n) is 8.43. The largest absolute Gasteiger partial charge is 0.490 e. The Hall–Kier alpha value is -4.14. The summed E-state index contributed by atoms with van der Waals surface area (Å²) in [5.41, 5.74) is 12.9. The molecule has 1 aromatic heterocycles. The highest BCUT2D eigenvalue weighted by atomic mass is 16.5. The number of rotatable bonds is 8. The van der Waals surface area contributed by atoms with Crippen molar-refractivity contribution in [1.29, 1.82) is 0 Å². The Kier molecular flexibility index (Phi) is 7.05. The van der Waals surface area contributed by atoms with Crippen LogP contribution in [0.4, 0.5) is 5.69 Å². The van der Waals surface area contributed by atoms with Gasteiger partial charge in [0, 0.05) is 11.1 Å². The van der Waals surface area contributed by atoms with E-state index < -0.39 is 17.4 Å². The minimum absolute atomic E-state index is 0.0927. The van der Waals surface area contributed by atoms with Gasteiger partial charge in [0.25, 0.3) is 5.91 Å². The van der Waals surface area contributed by atoms with Crippen LogP contribution in [0.5, 0.6) is 5.75 Å². The van der Waals surface area contributed by atoms with Crippen LogP contribution in [0.25, 0.3) is 10.9 Å². The molecule has 1 heterocycles. The number of primary amides is 1. The van der Waals surface area contributed by atoms with Crippen LogP contribution in [0, 0.1) is 6.92 Å². The molecule has 0 aliphatic heterocycles. The third-order valence-electron chi connectivity index (χ3n) is 5.12. The van der Waals surface area contributed by atoms with Gasteiger partial charge in [0.1, 0.15) is 17.9 Å². The van der Waals surface area contributed by atoms with Crippen LogP contribution < -0.4 is 21.5 Å². The highest BCUT2D eigenvalue weighted by molar-refractivity contribution is 6.07. The number of fused-ring (bicyclic) bond motifs is 1. The monoisotopic (exact) mass is 464 g/mol. The van der Waals surface area contributed by atoms with Gasteiger partial charge in [0.15, 0.2) is 0 Å². The van der Waals surface area contributed by atoms with Crippen LogP contribution in [0.15, 0.2) is 42.5 Å². The zero-order valence-electron chi connectivity index (χ0n) is 19.6. The number of anilines is 1. The number of carbonyl (C=O) groups excluding carboxylic acids is 3. The Labute approximate surface area is 197 Å². The fraction of sp³-hybridized carbons (Fsp3) is 0.280. The maximum absolute atomic E-state index is 12.7. The maximum atomic E-state index is 12.7. The molecule has 2 aromatic carbocycles. The Balaban J connectivity index is 1.84. The SMILES string of the molecule is CCOC(=O)c1c(C)nc2cccc(OCC(C)(C)NC(=O)c3cccc(C(N)=O)c3)c2c1N. The fourth-order valence-electron chi connectivity index (χ4n) is 3.51. The van der Waals surface area contributed by atoms with Gasteiger partial charge in [0.2, 0.25) is 5.91 Å². The van der Waals surface area contributed by atoms with Crippen molar-refractivity contribution < 1.29 is 23.9 Å². The van der Waals surface area contributed by atoms with Gasteiger partial charge in [0.05, 0.1) is 34.4 Å². The number of nitrogens with two attached hydrogens (primary N) is 2. The van der Waals surface area contributed by atoms with Gasteiger partial charge in [-0.05, 0) is 58.0 Å². The number of nitrogens with zero attached hydrogens (tertiary/aromatic N) is 1. The van der Waals surface area contributed by atoms with Crippen molar-refractivity contribution in [3.63, 3.8) is 0 Å². The van der Waals surface area contributed by atoms with Crippen molar-refractivity contribution in [2.45, 2.75) is 33.2 Å². The average Bonchev–Trinajstić information content (AvgIpc) is 2.77. The molecule has 34 heavy (non-hydrogen) atoms. The molecule has 0 spiro atoms. The predicted molar refractivity (Wildman–Crippen MR) is 129 cm³/mol. The standard InChI is InChI=1S/C25H28N4O5/c1-5-33-24(32)19-14(2)28-17-10-7-11-18(20(17)21(19)26)34-13-25(3,4)29-23(31)16-9-6-8-15(12-16)22(27)30/h6-12H,5,13H2,1-4H3,(H2,26,28)(H2,27,30)(H,29,31). The van der Waals surface area contributed by atoms with Crippen molar-refractivity contribution >= 4 is 34.4 Å². The van der Waals surface area contributed by atoms with Gasteiger partial charge in [-0.1, -0.05) is 12.1 Å². The molecule has 9 nitrogen and oxygen atoms in total. The molecule has 0 aliphatic rings. The normalized spacial score (nSPS) is 11.2. The van der Waals surface area contributed by atoms with Crippen molar-refractivity contribution in [2.75, 3.05) is 18.9 Å². The molecular formula is C25H28N4O5. The van der Waals surface area contributed by atoms with E-state index in [1.807, 2.05) is 0 Å². The van der Waals surface area contributed by atoms with E-state index in [9.17, 15) is 14.4 Å². The molecular weight excluding hydrogens is 436 g/mol. The lowest BCUT2D eigenvalue weighted by Crippen LogP contribution is -2.47. The van der Waals surface area contributed by atoms with Crippen LogP contribution in [0.1, 0.15) is 57.5 Å². The van der Waals surface area contributed by atoms with Crippen molar-refractivity contribution in [3.8, 4) is 5.75 Å². The van der Waals surface area contributed by atoms with E-state index in [1.165, 1.54) is 6.07 Å². The molecule has 0 radical (unpaired) electrons. The number of benzene rings is 2. The van der Waals surface area contributed by atoms with E-state index in [2.05, 4.69) is 10.3 Å². The number of ether oxygens (including phenoxy) is 2. The smallest absolute Gasteiger partial charge is 0.342 e. The Bertz CT molecular complexity index is 1270. The number of hydrogen-bond acceptors (Lipinski definition) is 7. The zero-order valence-corrected chi connectivity index (χ0v) is 19.6. The number of carbonyl (C=O) groups is 3. The van der Waals surface area contributed by atoms with Gasteiger partial charge >= 0.3 is 5.97 Å². The van der Waals surface area contributed by atoms with Crippen LogP contribution in [-0.4, -0.2) is 41.5 Å². The summed E-state index contributed by atoms with van der Waals surface area (Å²) in [5.74, 6) is -1.12. The summed E-state index contributed by atoms with van der Waals surface area (Å²) < 4.78 is 11.2. The number of esters is 1. The second kappa shape index (κ2) is 9.78. The summed E-state index contributed by atoms with van der Waals surface area (Å²) in [4.78, 5) is 41.0. The van der Waals surface area contributed by atoms with E-state index >= 15 is 0 Å². The first kappa shape index (κ1) is 24.5. The fourth-order valence-corrected chi connectivity index (χ4v) is 3.51. The van der Waals surface area contributed by atoms with Crippen molar-refractivity contribution in [2.24, 2.45) is 5.73 Å². The van der Waals surface area contributed by atoms with Crippen LogP contribution in [0.3, 0.4) is 0 Å². The number of aromatic nitrogens is 1. The van der Waals surface area contributed by atoms with Crippen LogP contribution in [-0.2, 0) is 4.74 Å². The van der Waals surface area contributed by atoms with Crippen LogP contribution in [0.2, 0.25) is 0 Å². The summed E-state index contributed by atoms with van der Waals surface area (Å²) in [7, 11) is 0. The number of nitrogen functional groups attached to an aromatic ring is 1. The molecule has 3 aromatic rings. The number of pyridine rings is 1. The molecule has 0 fully saturated rings. The molecule has 0 bridgehead atoms. The lowest BCUT2D eigenvalue weighted by Gasteiger charge is -2.27. The Morgan fingerprint density at radius 2 is 1.76 bits per heavy atom. The molecule has 5 N–H and O–H groups in total. The first-order chi connectivity index (χ1) is 16.0. The highest BCUT2D eigenvalue weighted by Gasteiger charge is 2.25. The molecule has 9 heteroatoms. The molecule has 0 unspecified atom stereocenters. The molecule has 178 valence electrons. The van der Waals surface area contributed by atoms with Gasteiger partial charge < -0.3 is 26.3 Å². The summed E-state index contributed by atoms with van der Waals surface area (Å²) in [5, 5.41) is 3.38. The molecule has 0 saturated heterocycles. The van der Waals surface area contributed by atoms with E-state index in [0.29, 0.717) is 27.9 Å². The minimum Gasteiger partial charge on any atom is -0.490 e. The summed E-state index contributed by atoms with van der Waals surface area (Å²) in [6, 6.07) is 11.4. The predicted octanol–water partition coefficient (Wildman–Crippen LogP) is 2.99. The number of aryl methyl sites for hydroxylation is 1. The zero-order chi connectivity index (χ0) is 25.0. The third-order valence-corrected chi connectivity index (χ3v) is 5.12. The summed E-state index contributed by atoms with van der Waals surface area (Å²) in [6.45, 7) is 7.31. The summed E-state index contributed by atoms with van der Waals surface area (Å²) >= 11 is 0. The molecule has 2 amide bonds. The Morgan fingerprint density at radius 1 is 1.09 bits per heavy atom. The van der Waals surface area contributed by atoms with E-state index in [1.54, 1.807) is 64.1 Å². The first-order valence-corrected chi connectivity index (χ1v) is 10.7. The van der Waals surface area contributed by atoms with Crippen LogP contribution >= 0.6 is 0 Å². The molecule has 3 rings (SSSR count). The van der Waals surface area contributed by atoms with E-state index in [-0.39, 0.29) is 35.9 Å². The van der Waals surface area contributed by atoms with Crippen molar-refractivity contribution in [1.82, 2.24) is 10.3 Å². The quantitative estimate of drug-likeness (QED) is 0.434. The second-order valence-corrected chi connectivity index (χ2v) is 8.43. The number of hydrogen-bond donors (Lipinski definition) is 3. The average molecular weight is 465 g/mol. The molecule has 0 aliphatic carbocycles. The van der Waals surface area contributed by atoms with E-state index in [4.69, 9.17) is 20.9 Å². The minimum atomic E-state index is -0.793. The lowest BCUT2D eigenvalue weighted by molar-refractivity contribution is 0.0526. The third kappa shape index (κ3) is 5.25. The number of amides is 2. The maximum Gasteiger partial charge on any atom is 0.342 e. The van der Waals surface area contributed by atoms with E-state index in [0.717, 1.165) is 0 Å². The lowest BCUT2D eigenvalue weighted by atomic mass is 10.0. The van der Waals surface area contributed by atoms with Gasteiger partial charge in [-0.2, -0.15) is 0 Å². The van der Waals surface area contributed by atoms with Gasteiger partial charge in [-0.25, -0.2) is 4.79 Å². The van der Waals surface area contributed by atoms with Gasteiger partial charge in [-0.3, -0.25) is 14.6 Å². The van der Waals surface area contributed by atoms with Gasteiger partial charge in [-0.15, -0.1) is 0 Å². The first-order valence-electron chi connectivity index (χ1n) is 10.7. The highest BCUT2D eigenvalue weighted by Crippen LogP contribution is 2.34. The molecule has 0 saturated carbocycles. The Morgan fingerprint density at radius 3 is 2.44 bits per heavy atom. The van der Waals surface area contributed by atoms with Crippen molar-refractivity contribution in [3.05, 3.63) is 64.8 Å².